The molecule has 1 heterocycles. The molecule has 0 fully saturated rings. The Bertz CT molecular complexity index is 521. The van der Waals surface area contributed by atoms with Gasteiger partial charge in [-0.1, -0.05) is 24.3 Å². The minimum absolute atomic E-state index is 0.615. The van der Waals surface area contributed by atoms with Crippen LogP contribution in [0, 0.1) is 13.8 Å². The Morgan fingerprint density at radius 3 is 2.59 bits per heavy atom. The number of nitrogens with zero attached hydrogens (tertiary/aromatic N) is 2. The number of rotatable bonds is 3. The maximum absolute atomic E-state index is 5.57. The number of hydrogen-bond acceptors (Lipinski definition) is 3. The standard InChI is InChI=1S/C14H17N3/c1-10-5-3-4-6-13(10)14-16-11(2)9-12(17-14)7-8-15/h3-6,9H,7-8,15H2,1-2H3. The Labute approximate surface area is 102 Å². The van der Waals surface area contributed by atoms with Gasteiger partial charge in [0.1, 0.15) is 0 Å². The fourth-order valence-corrected chi connectivity index (χ4v) is 1.85. The maximum Gasteiger partial charge on any atom is 0.159 e. The van der Waals surface area contributed by atoms with Crippen molar-refractivity contribution in [1.29, 1.82) is 0 Å². The van der Waals surface area contributed by atoms with E-state index in [1.807, 2.05) is 25.1 Å². The molecule has 0 aliphatic rings. The van der Waals surface area contributed by atoms with Gasteiger partial charge >= 0.3 is 0 Å². The Balaban J connectivity index is 2.48. The molecule has 0 saturated carbocycles. The molecule has 2 rings (SSSR count). The summed E-state index contributed by atoms with van der Waals surface area (Å²) in [7, 11) is 0. The van der Waals surface area contributed by atoms with Crippen LogP contribution in [0.15, 0.2) is 30.3 Å². The van der Waals surface area contributed by atoms with E-state index >= 15 is 0 Å². The van der Waals surface area contributed by atoms with E-state index in [-0.39, 0.29) is 0 Å². The van der Waals surface area contributed by atoms with Gasteiger partial charge in [-0.05, 0) is 32.0 Å². The van der Waals surface area contributed by atoms with Crippen molar-refractivity contribution in [2.24, 2.45) is 5.73 Å². The molecule has 0 unspecified atom stereocenters. The zero-order chi connectivity index (χ0) is 12.3. The van der Waals surface area contributed by atoms with E-state index in [0.29, 0.717) is 6.54 Å². The van der Waals surface area contributed by atoms with Crippen LogP contribution in [-0.2, 0) is 6.42 Å². The van der Waals surface area contributed by atoms with E-state index < -0.39 is 0 Å². The molecule has 88 valence electrons. The summed E-state index contributed by atoms with van der Waals surface area (Å²) in [6.45, 7) is 4.68. The Morgan fingerprint density at radius 2 is 1.88 bits per heavy atom. The molecular weight excluding hydrogens is 210 g/mol. The van der Waals surface area contributed by atoms with Crippen molar-refractivity contribution in [1.82, 2.24) is 9.97 Å². The van der Waals surface area contributed by atoms with Crippen LogP contribution in [0.25, 0.3) is 11.4 Å². The van der Waals surface area contributed by atoms with E-state index in [2.05, 4.69) is 29.0 Å². The topological polar surface area (TPSA) is 51.8 Å². The summed E-state index contributed by atoms with van der Waals surface area (Å²) in [5.74, 6) is 0.798. The van der Waals surface area contributed by atoms with Gasteiger partial charge < -0.3 is 5.73 Å². The number of nitrogens with two attached hydrogens (primary N) is 1. The van der Waals surface area contributed by atoms with Crippen LogP contribution >= 0.6 is 0 Å². The van der Waals surface area contributed by atoms with Crippen LogP contribution in [0.5, 0.6) is 0 Å². The average molecular weight is 227 g/mol. The summed E-state index contributed by atoms with van der Waals surface area (Å²) >= 11 is 0. The van der Waals surface area contributed by atoms with Crippen molar-refractivity contribution < 1.29 is 0 Å². The summed E-state index contributed by atoms with van der Waals surface area (Å²) in [5, 5.41) is 0. The normalized spacial score (nSPS) is 10.5. The lowest BCUT2D eigenvalue weighted by Gasteiger charge is -2.07. The number of aromatic nitrogens is 2. The van der Waals surface area contributed by atoms with Crippen molar-refractivity contribution in [2.75, 3.05) is 6.54 Å². The van der Waals surface area contributed by atoms with Gasteiger partial charge in [0.15, 0.2) is 5.82 Å². The highest BCUT2D eigenvalue weighted by atomic mass is 14.9. The lowest BCUT2D eigenvalue weighted by Crippen LogP contribution is -2.06. The number of benzene rings is 1. The first-order valence-corrected chi connectivity index (χ1v) is 5.81. The van der Waals surface area contributed by atoms with Crippen LogP contribution in [0.2, 0.25) is 0 Å². The maximum atomic E-state index is 5.57. The molecule has 0 atom stereocenters. The van der Waals surface area contributed by atoms with Gasteiger partial charge in [-0.3, -0.25) is 0 Å². The van der Waals surface area contributed by atoms with Crippen molar-refractivity contribution in [3.63, 3.8) is 0 Å². The molecule has 0 bridgehead atoms. The summed E-state index contributed by atoms with van der Waals surface area (Å²) in [4.78, 5) is 9.06. The van der Waals surface area contributed by atoms with Crippen molar-refractivity contribution in [3.05, 3.63) is 47.3 Å². The zero-order valence-electron chi connectivity index (χ0n) is 10.3. The zero-order valence-corrected chi connectivity index (χ0v) is 10.3. The third-order valence-corrected chi connectivity index (χ3v) is 2.69. The Morgan fingerprint density at radius 1 is 1.12 bits per heavy atom. The predicted molar refractivity (Wildman–Crippen MR) is 69.7 cm³/mol. The van der Waals surface area contributed by atoms with Gasteiger partial charge in [0.25, 0.3) is 0 Å². The lowest BCUT2D eigenvalue weighted by atomic mass is 10.1. The van der Waals surface area contributed by atoms with Crippen molar-refractivity contribution in [3.8, 4) is 11.4 Å². The number of hydrogen-bond donors (Lipinski definition) is 1. The monoisotopic (exact) mass is 227 g/mol. The largest absolute Gasteiger partial charge is 0.330 e. The molecule has 0 amide bonds. The first-order valence-electron chi connectivity index (χ1n) is 5.81. The molecule has 1 aromatic heterocycles. The molecule has 0 radical (unpaired) electrons. The highest BCUT2D eigenvalue weighted by Crippen LogP contribution is 2.19. The van der Waals surface area contributed by atoms with Gasteiger partial charge in [-0.25, -0.2) is 9.97 Å². The third-order valence-electron chi connectivity index (χ3n) is 2.69. The highest BCUT2D eigenvalue weighted by molar-refractivity contribution is 5.59. The minimum atomic E-state index is 0.615. The molecule has 1 aromatic carbocycles. The molecule has 3 heteroatoms. The molecule has 0 spiro atoms. The van der Waals surface area contributed by atoms with Crippen LogP contribution < -0.4 is 5.73 Å². The van der Waals surface area contributed by atoms with Gasteiger partial charge in [-0.2, -0.15) is 0 Å². The van der Waals surface area contributed by atoms with Crippen LogP contribution in [0.1, 0.15) is 17.0 Å². The van der Waals surface area contributed by atoms with Crippen LogP contribution in [0.4, 0.5) is 0 Å². The molecular formula is C14H17N3. The molecule has 0 aliphatic heterocycles. The molecule has 17 heavy (non-hydrogen) atoms. The number of aryl methyl sites for hydroxylation is 2. The minimum Gasteiger partial charge on any atom is -0.330 e. The lowest BCUT2D eigenvalue weighted by molar-refractivity contribution is 0.904. The third kappa shape index (κ3) is 2.68. The van der Waals surface area contributed by atoms with Crippen molar-refractivity contribution in [2.45, 2.75) is 20.3 Å². The summed E-state index contributed by atoms with van der Waals surface area (Å²) in [6, 6.07) is 10.2. The van der Waals surface area contributed by atoms with Crippen LogP contribution in [0.3, 0.4) is 0 Å². The summed E-state index contributed by atoms with van der Waals surface area (Å²) in [6.07, 6.45) is 0.794. The van der Waals surface area contributed by atoms with Gasteiger partial charge in [0.2, 0.25) is 0 Å². The second-order valence-corrected chi connectivity index (χ2v) is 4.18. The molecule has 2 N–H and O–H groups in total. The Hall–Kier alpha value is -1.74. The van der Waals surface area contributed by atoms with Crippen molar-refractivity contribution >= 4 is 0 Å². The average Bonchev–Trinajstić information content (AvgIpc) is 2.29. The van der Waals surface area contributed by atoms with Gasteiger partial charge in [0.05, 0.1) is 0 Å². The fourth-order valence-electron chi connectivity index (χ4n) is 1.85. The van der Waals surface area contributed by atoms with E-state index in [1.54, 1.807) is 0 Å². The molecule has 2 aromatic rings. The molecule has 0 aliphatic carbocycles. The summed E-state index contributed by atoms with van der Waals surface area (Å²) in [5.41, 5.74) is 9.85. The SMILES string of the molecule is Cc1cc(CCN)nc(-c2ccccc2C)n1. The first kappa shape index (κ1) is 11.7. The molecule has 0 saturated heterocycles. The quantitative estimate of drug-likeness (QED) is 0.875. The van der Waals surface area contributed by atoms with Crippen LogP contribution in [-0.4, -0.2) is 16.5 Å². The second kappa shape index (κ2) is 5.06. The van der Waals surface area contributed by atoms with Gasteiger partial charge in [-0.15, -0.1) is 0 Å². The fraction of sp³-hybridized carbons (Fsp3) is 0.286. The Kier molecular flexibility index (Phi) is 3.49. The van der Waals surface area contributed by atoms with Gasteiger partial charge in [0, 0.05) is 23.4 Å². The van der Waals surface area contributed by atoms with E-state index in [9.17, 15) is 0 Å². The first-order chi connectivity index (χ1) is 8.20. The smallest absolute Gasteiger partial charge is 0.159 e. The van der Waals surface area contributed by atoms with E-state index in [4.69, 9.17) is 5.73 Å². The molecule has 3 nitrogen and oxygen atoms in total. The predicted octanol–water partition coefficient (Wildman–Crippen LogP) is 2.26. The summed E-state index contributed by atoms with van der Waals surface area (Å²) < 4.78 is 0. The highest BCUT2D eigenvalue weighted by Gasteiger charge is 2.06. The van der Waals surface area contributed by atoms with E-state index in [1.165, 1.54) is 5.56 Å². The second-order valence-electron chi connectivity index (χ2n) is 4.18. The van der Waals surface area contributed by atoms with E-state index in [0.717, 1.165) is 29.2 Å².